The zero-order chi connectivity index (χ0) is 16.2. The zero-order valence-electron chi connectivity index (χ0n) is 11.5. The van der Waals surface area contributed by atoms with Gasteiger partial charge >= 0.3 is 12.0 Å². The summed E-state index contributed by atoms with van der Waals surface area (Å²) in [5.74, 6) is -1.42. The number of anilines is 1. The first-order chi connectivity index (χ1) is 9.63. The Bertz CT molecular complexity index is 627. The fourth-order valence-corrected chi connectivity index (χ4v) is 2.65. The number of nitrogens with two attached hydrogens (primary N) is 1. The van der Waals surface area contributed by atoms with Crippen LogP contribution in [0, 0.1) is 0 Å². The zero-order valence-corrected chi connectivity index (χ0v) is 12.3. The lowest BCUT2D eigenvalue weighted by Gasteiger charge is -2.17. The van der Waals surface area contributed by atoms with Gasteiger partial charge in [-0.05, 0) is 31.5 Å². The fraction of sp³-hybridized carbons (Fsp3) is 0.333. The molecule has 21 heavy (non-hydrogen) atoms. The Kier molecular flexibility index (Phi) is 5.28. The monoisotopic (exact) mass is 315 g/mol. The van der Waals surface area contributed by atoms with Crippen molar-refractivity contribution in [1.82, 2.24) is 4.72 Å². The third kappa shape index (κ3) is 4.72. The summed E-state index contributed by atoms with van der Waals surface area (Å²) in [4.78, 5) is 21.4. The van der Waals surface area contributed by atoms with E-state index in [1.54, 1.807) is 31.2 Å². The van der Waals surface area contributed by atoms with Gasteiger partial charge in [-0.1, -0.05) is 12.1 Å². The number of hydrogen-bond acceptors (Lipinski definition) is 4. The Morgan fingerprint density at radius 1 is 1.19 bits per heavy atom. The number of carbonyl (C=O) groups is 2. The molecule has 0 aromatic heterocycles. The van der Waals surface area contributed by atoms with Gasteiger partial charge in [0.1, 0.15) is 0 Å². The molecule has 0 bridgehead atoms. The maximum absolute atomic E-state index is 11.8. The van der Waals surface area contributed by atoms with Gasteiger partial charge in [-0.25, -0.2) is 17.9 Å². The molecule has 0 aliphatic rings. The van der Waals surface area contributed by atoms with E-state index >= 15 is 0 Å². The van der Waals surface area contributed by atoms with Gasteiger partial charge in [-0.2, -0.15) is 0 Å². The van der Waals surface area contributed by atoms with Gasteiger partial charge in [0.25, 0.3) is 0 Å². The second-order valence-electron chi connectivity index (χ2n) is 4.48. The highest BCUT2D eigenvalue weighted by Crippen LogP contribution is 2.17. The second-order valence-corrected chi connectivity index (χ2v) is 6.51. The standard InChI is InChI=1S/C12H17N3O5S/c1-7(15-21(19,20)8(2)11(16)17)9-3-5-10(6-4-9)14-12(13)18/h3-8,15H,1-2H3,(H,16,17)(H3,13,14,18). The van der Waals surface area contributed by atoms with Gasteiger partial charge in [0.2, 0.25) is 10.0 Å². The molecule has 0 saturated carbocycles. The summed E-state index contributed by atoms with van der Waals surface area (Å²) in [7, 11) is -3.98. The van der Waals surface area contributed by atoms with Crippen molar-refractivity contribution in [3.63, 3.8) is 0 Å². The van der Waals surface area contributed by atoms with Crippen LogP contribution in [-0.4, -0.2) is 30.8 Å². The topological polar surface area (TPSA) is 139 Å². The molecule has 0 heterocycles. The van der Waals surface area contributed by atoms with Crippen molar-refractivity contribution in [2.75, 3.05) is 5.32 Å². The summed E-state index contributed by atoms with van der Waals surface area (Å²) >= 11 is 0. The maximum Gasteiger partial charge on any atom is 0.323 e. The van der Waals surface area contributed by atoms with Crippen LogP contribution in [0.5, 0.6) is 0 Å². The number of benzene rings is 1. The lowest BCUT2D eigenvalue weighted by atomic mass is 10.1. The van der Waals surface area contributed by atoms with Crippen molar-refractivity contribution < 1.29 is 23.1 Å². The van der Waals surface area contributed by atoms with Crippen LogP contribution >= 0.6 is 0 Å². The van der Waals surface area contributed by atoms with Gasteiger partial charge in [0.05, 0.1) is 0 Å². The van der Waals surface area contributed by atoms with Crippen LogP contribution < -0.4 is 15.8 Å². The van der Waals surface area contributed by atoms with Crippen LogP contribution in [0.4, 0.5) is 10.5 Å². The van der Waals surface area contributed by atoms with Crippen LogP contribution in [0.1, 0.15) is 25.5 Å². The minimum Gasteiger partial charge on any atom is -0.480 e. The van der Waals surface area contributed by atoms with Crippen LogP contribution in [0.3, 0.4) is 0 Å². The molecule has 2 unspecified atom stereocenters. The summed E-state index contributed by atoms with van der Waals surface area (Å²) in [5.41, 5.74) is 6.06. The van der Waals surface area contributed by atoms with E-state index in [4.69, 9.17) is 10.8 Å². The Balaban J connectivity index is 2.82. The molecule has 116 valence electrons. The van der Waals surface area contributed by atoms with E-state index in [-0.39, 0.29) is 0 Å². The lowest BCUT2D eigenvalue weighted by Crippen LogP contribution is -2.38. The van der Waals surface area contributed by atoms with E-state index in [1.165, 1.54) is 0 Å². The highest BCUT2D eigenvalue weighted by molar-refractivity contribution is 7.90. The molecule has 0 radical (unpaired) electrons. The van der Waals surface area contributed by atoms with Gasteiger partial charge in [-0.15, -0.1) is 0 Å². The average Bonchev–Trinajstić information content (AvgIpc) is 2.37. The Labute approximate surface area is 122 Å². The Morgan fingerprint density at radius 3 is 2.14 bits per heavy atom. The van der Waals surface area contributed by atoms with E-state index in [1.807, 2.05) is 0 Å². The van der Waals surface area contributed by atoms with Crippen molar-refractivity contribution in [1.29, 1.82) is 0 Å². The molecule has 2 atom stereocenters. The maximum atomic E-state index is 11.8. The number of sulfonamides is 1. The Hall–Kier alpha value is -2.13. The first-order valence-electron chi connectivity index (χ1n) is 6.04. The van der Waals surface area contributed by atoms with Crippen molar-refractivity contribution in [3.8, 4) is 0 Å². The molecule has 0 spiro atoms. The number of nitrogens with one attached hydrogen (secondary N) is 2. The van der Waals surface area contributed by atoms with E-state index in [0.717, 1.165) is 6.92 Å². The van der Waals surface area contributed by atoms with Gasteiger partial charge in [0, 0.05) is 11.7 Å². The van der Waals surface area contributed by atoms with Gasteiger partial charge < -0.3 is 16.2 Å². The fourth-order valence-electron chi connectivity index (χ4n) is 1.55. The predicted octanol–water partition coefficient (Wildman–Crippen LogP) is 0.631. The second kappa shape index (κ2) is 6.55. The smallest absolute Gasteiger partial charge is 0.323 e. The number of hydrogen-bond donors (Lipinski definition) is 4. The molecule has 1 rings (SSSR count). The van der Waals surface area contributed by atoms with Crippen molar-refractivity contribution in [2.45, 2.75) is 25.1 Å². The third-order valence-electron chi connectivity index (χ3n) is 2.83. The number of carboxylic acids is 1. The molecule has 2 amide bonds. The first kappa shape index (κ1) is 16.9. The lowest BCUT2D eigenvalue weighted by molar-refractivity contribution is -0.136. The number of carbonyl (C=O) groups excluding carboxylic acids is 1. The van der Waals surface area contributed by atoms with E-state index in [2.05, 4.69) is 10.0 Å². The normalized spacial score (nSPS) is 14.2. The van der Waals surface area contributed by atoms with Crippen LogP contribution in [0.2, 0.25) is 0 Å². The molecule has 9 heteroatoms. The molecule has 0 saturated heterocycles. The van der Waals surface area contributed by atoms with Crippen molar-refractivity contribution in [2.24, 2.45) is 5.73 Å². The number of rotatable bonds is 6. The molecule has 1 aromatic carbocycles. The molecular weight excluding hydrogens is 298 g/mol. The minimum absolute atomic E-state index is 0.472. The summed E-state index contributed by atoms with van der Waals surface area (Å²) in [5, 5.41) is 9.58. The average molecular weight is 315 g/mol. The quantitative estimate of drug-likeness (QED) is 0.610. The summed E-state index contributed by atoms with van der Waals surface area (Å²) in [6.07, 6.45) is 0. The molecule has 1 aromatic rings. The van der Waals surface area contributed by atoms with Crippen LogP contribution in [-0.2, 0) is 14.8 Å². The highest BCUT2D eigenvalue weighted by Gasteiger charge is 2.29. The van der Waals surface area contributed by atoms with Crippen LogP contribution in [0.25, 0.3) is 0 Å². The molecule has 8 nitrogen and oxygen atoms in total. The predicted molar refractivity (Wildman–Crippen MR) is 77.2 cm³/mol. The summed E-state index contributed by atoms with van der Waals surface area (Å²) < 4.78 is 25.9. The van der Waals surface area contributed by atoms with Crippen molar-refractivity contribution in [3.05, 3.63) is 29.8 Å². The molecule has 0 fully saturated rings. The Morgan fingerprint density at radius 2 is 1.71 bits per heavy atom. The largest absolute Gasteiger partial charge is 0.480 e. The number of aliphatic carboxylic acids is 1. The molecule has 0 aliphatic carbocycles. The third-order valence-corrected chi connectivity index (χ3v) is 4.65. The highest BCUT2D eigenvalue weighted by atomic mass is 32.2. The van der Waals surface area contributed by atoms with E-state index in [9.17, 15) is 18.0 Å². The molecule has 0 aliphatic heterocycles. The number of primary amides is 1. The SMILES string of the molecule is CC(NS(=O)(=O)C(C)C(=O)O)c1ccc(NC(N)=O)cc1. The summed E-state index contributed by atoms with van der Waals surface area (Å²) in [6, 6.07) is 5.01. The minimum atomic E-state index is -3.98. The van der Waals surface area contributed by atoms with Gasteiger partial charge in [0.15, 0.2) is 5.25 Å². The number of urea groups is 1. The van der Waals surface area contributed by atoms with E-state index in [0.29, 0.717) is 11.3 Å². The van der Waals surface area contributed by atoms with Crippen LogP contribution in [0.15, 0.2) is 24.3 Å². The van der Waals surface area contributed by atoms with Crippen molar-refractivity contribution >= 4 is 27.7 Å². The molecular formula is C12H17N3O5S. The number of carboxylic acid groups (broad SMARTS) is 1. The first-order valence-corrected chi connectivity index (χ1v) is 7.58. The molecule has 5 N–H and O–H groups in total. The summed E-state index contributed by atoms with van der Waals surface area (Å²) in [6.45, 7) is 2.68. The van der Waals surface area contributed by atoms with E-state index < -0.39 is 33.3 Å². The van der Waals surface area contributed by atoms with Gasteiger partial charge in [-0.3, -0.25) is 4.79 Å². The number of amides is 2.